The molecule has 2 aromatic rings. The molecule has 0 saturated heterocycles. The molecular weight excluding hydrogens is 356 g/mol. The minimum Gasteiger partial charge on any atom is -0.448 e. The van der Waals surface area contributed by atoms with Gasteiger partial charge in [0.1, 0.15) is 9.88 Å². The van der Waals surface area contributed by atoms with Gasteiger partial charge in [0.25, 0.3) is 5.91 Å². The predicted molar refractivity (Wildman–Crippen MR) is 100 cm³/mol. The fourth-order valence-electron chi connectivity index (χ4n) is 2.93. The van der Waals surface area contributed by atoms with Gasteiger partial charge in [-0.25, -0.2) is 9.78 Å². The van der Waals surface area contributed by atoms with Crippen LogP contribution in [0.5, 0.6) is 0 Å². The summed E-state index contributed by atoms with van der Waals surface area (Å²) in [5.74, 6) is -0.705. The molecule has 2 aromatic heterocycles. The third-order valence-corrected chi connectivity index (χ3v) is 6.22. The highest BCUT2D eigenvalue weighted by molar-refractivity contribution is 7.17. The first kappa shape index (κ1) is 18.1. The van der Waals surface area contributed by atoms with E-state index in [1.807, 2.05) is 16.8 Å². The second kappa shape index (κ2) is 8.10. The van der Waals surface area contributed by atoms with Crippen molar-refractivity contribution in [3.8, 4) is 10.6 Å². The Morgan fingerprint density at radius 3 is 2.76 bits per heavy atom. The Kier molecular flexibility index (Phi) is 5.86. The number of carbonyl (C=O) groups is 2. The molecule has 0 bridgehead atoms. The van der Waals surface area contributed by atoms with Crippen LogP contribution in [0.25, 0.3) is 10.6 Å². The van der Waals surface area contributed by atoms with Crippen LogP contribution in [0.15, 0.2) is 16.8 Å². The molecule has 1 fully saturated rings. The monoisotopic (exact) mass is 378 g/mol. The number of carbonyl (C=O) groups excluding carboxylic acids is 2. The Morgan fingerprint density at radius 1 is 1.32 bits per heavy atom. The second-order valence-corrected chi connectivity index (χ2v) is 8.12. The van der Waals surface area contributed by atoms with Crippen LogP contribution in [-0.4, -0.2) is 29.0 Å². The highest BCUT2D eigenvalue weighted by Gasteiger charge is 2.25. The molecule has 0 radical (unpaired) electrons. The van der Waals surface area contributed by atoms with Crippen LogP contribution in [0.2, 0.25) is 0 Å². The van der Waals surface area contributed by atoms with E-state index in [-0.39, 0.29) is 11.9 Å². The summed E-state index contributed by atoms with van der Waals surface area (Å²) in [6.45, 7) is 3.40. The molecule has 25 heavy (non-hydrogen) atoms. The first-order valence-corrected chi connectivity index (χ1v) is 10.3. The molecule has 0 aliphatic heterocycles. The van der Waals surface area contributed by atoms with Gasteiger partial charge in [0.05, 0.1) is 5.69 Å². The van der Waals surface area contributed by atoms with E-state index in [1.165, 1.54) is 17.8 Å². The van der Waals surface area contributed by atoms with Crippen molar-refractivity contribution in [1.82, 2.24) is 10.3 Å². The number of nitrogens with one attached hydrogen (secondary N) is 1. The van der Waals surface area contributed by atoms with Gasteiger partial charge in [-0.15, -0.1) is 11.3 Å². The lowest BCUT2D eigenvalue weighted by atomic mass is 9.95. The summed E-state index contributed by atoms with van der Waals surface area (Å²) in [4.78, 5) is 29.6. The van der Waals surface area contributed by atoms with E-state index in [0.717, 1.165) is 36.3 Å². The van der Waals surface area contributed by atoms with E-state index in [4.69, 9.17) is 4.74 Å². The molecule has 2 heterocycles. The average molecular weight is 379 g/mol. The average Bonchev–Trinajstić information content (AvgIpc) is 3.25. The van der Waals surface area contributed by atoms with Crippen molar-refractivity contribution in [1.29, 1.82) is 0 Å². The number of esters is 1. The van der Waals surface area contributed by atoms with Crippen LogP contribution >= 0.6 is 22.7 Å². The summed E-state index contributed by atoms with van der Waals surface area (Å²) < 4.78 is 5.37. The molecule has 134 valence electrons. The van der Waals surface area contributed by atoms with Gasteiger partial charge in [-0.1, -0.05) is 19.3 Å². The number of thiophene rings is 1. The molecule has 1 N–H and O–H groups in total. The number of aromatic nitrogens is 1. The number of nitrogens with zero attached hydrogens (tertiary/aromatic N) is 1. The van der Waals surface area contributed by atoms with Crippen LogP contribution in [-0.2, 0) is 9.53 Å². The first-order valence-electron chi connectivity index (χ1n) is 8.56. The Bertz CT molecular complexity index is 734. The van der Waals surface area contributed by atoms with Gasteiger partial charge in [0.15, 0.2) is 6.10 Å². The van der Waals surface area contributed by atoms with E-state index in [0.29, 0.717) is 10.6 Å². The van der Waals surface area contributed by atoms with Crippen LogP contribution in [0.1, 0.15) is 54.4 Å². The van der Waals surface area contributed by atoms with Crippen LogP contribution in [0.3, 0.4) is 0 Å². The van der Waals surface area contributed by atoms with Gasteiger partial charge in [-0.3, -0.25) is 4.79 Å². The van der Waals surface area contributed by atoms with Gasteiger partial charge < -0.3 is 10.1 Å². The van der Waals surface area contributed by atoms with E-state index in [9.17, 15) is 9.59 Å². The van der Waals surface area contributed by atoms with Crippen molar-refractivity contribution >= 4 is 34.6 Å². The lowest BCUT2D eigenvalue weighted by Crippen LogP contribution is -2.42. The molecule has 0 aromatic carbocycles. The normalized spacial score (nSPS) is 16.4. The predicted octanol–water partition coefficient (Wildman–Crippen LogP) is 4.17. The fraction of sp³-hybridized carbons (Fsp3) is 0.500. The number of hydrogen-bond acceptors (Lipinski definition) is 6. The largest absolute Gasteiger partial charge is 0.448 e. The van der Waals surface area contributed by atoms with Crippen LogP contribution in [0.4, 0.5) is 0 Å². The van der Waals surface area contributed by atoms with Crippen LogP contribution in [0, 0.1) is 6.92 Å². The molecule has 5 nitrogen and oxygen atoms in total. The van der Waals surface area contributed by atoms with Crippen molar-refractivity contribution in [2.24, 2.45) is 0 Å². The Hall–Kier alpha value is -1.73. The SMILES string of the molecule is Cc1nc(-c2ccsc2)sc1C(=O)OC(C)C(=O)NC1CCCCC1. The van der Waals surface area contributed by atoms with E-state index < -0.39 is 12.1 Å². The summed E-state index contributed by atoms with van der Waals surface area (Å²) in [6, 6.07) is 2.18. The molecular formula is C18H22N2O3S2. The maximum atomic E-state index is 12.4. The lowest BCUT2D eigenvalue weighted by molar-refractivity contribution is -0.130. The fourth-order valence-corrected chi connectivity index (χ4v) is 4.59. The summed E-state index contributed by atoms with van der Waals surface area (Å²) in [5, 5.41) is 7.75. The molecule has 3 rings (SSSR count). The number of ether oxygens (including phenoxy) is 1. The Balaban J connectivity index is 1.60. The molecule has 0 spiro atoms. The second-order valence-electron chi connectivity index (χ2n) is 6.34. The minimum atomic E-state index is -0.805. The molecule has 1 aliphatic carbocycles. The number of thiazole rings is 1. The minimum absolute atomic E-state index is 0.206. The zero-order valence-corrected chi connectivity index (χ0v) is 16.0. The van der Waals surface area contributed by atoms with Crippen molar-refractivity contribution in [3.63, 3.8) is 0 Å². The highest BCUT2D eigenvalue weighted by Crippen LogP contribution is 2.30. The lowest BCUT2D eigenvalue weighted by Gasteiger charge is -2.24. The zero-order chi connectivity index (χ0) is 17.8. The first-order chi connectivity index (χ1) is 12.0. The number of hydrogen-bond donors (Lipinski definition) is 1. The third-order valence-electron chi connectivity index (χ3n) is 4.35. The van der Waals surface area contributed by atoms with Gasteiger partial charge in [-0.05, 0) is 38.1 Å². The number of amides is 1. The summed E-state index contributed by atoms with van der Waals surface area (Å²) in [5.41, 5.74) is 1.64. The van der Waals surface area contributed by atoms with E-state index in [2.05, 4.69) is 10.3 Å². The van der Waals surface area contributed by atoms with Crippen molar-refractivity contribution in [2.45, 2.75) is 58.1 Å². The topological polar surface area (TPSA) is 68.3 Å². The molecule has 7 heteroatoms. The molecule has 1 saturated carbocycles. The van der Waals surface area contributed by atoms with Crippen LogP contribution < -0.4 is 5.32 Å². The van der Waals surface area contributed by atoms with Gasteiger partial charge >= 0.3 is 5.97 Å². The summed E-state index contributed by atoms with van der Waals surface area (Å²) in [6.07, 6.45) is 4.72. The smallest absolute Gasteiger partial charge is 0.351 e. The number of aryl methyl sites for hydroxylation is 1. The molecule has 1 amide bonds. The maximum absolute atomic E-state index is 12.4. The van der Waals surface area contributed by atoms with Gasteiger partial charge in [0, 0.05) is 17.0 Å². The Labute approximate surface area is 155 Å². The summed E-state index contributed by atoms with van der Waals surface area (Å²) >= 11 is 2.89. The standard InChI is InChI=1S/C18H22N2O3S2/c1-11-15(25-17(19-11)13-8-9-24-10-13)18(22)23-12(2)16(21)20-14-6-4-3-5-7-14/h8-10,12,14H,3-7H2,1-2H3,(H,20,21). The third kappa shape index (κ3) is 4.46. The Morgan fingerprint density at radius 2 is 2.08 bits per heavy atom. The van der Waals surface area contributed by atoms with E-state index >= 15 is 0 Å². The highest BCUT2D eigenvalue weighted by atomic mass is 32.1. The maximum Gasteiger partial charge on any atom is 0.351 e. The van der Waals surface area contributed by atoms with Crippen molar-refractivity contribution < 1.29 is 14.3 Å². The van der Waals surface area contributed by atoms with Crippen molar-refractivity contribution in [2.75, 3.05) is 0 Å². The quantitative estimate of drug-likeness (QED) is 0.793. The van der Waals surface area contributed by atoms with Crippen molar-refractivity contribution in [3.05, 3.63) is 27.4 Å². The molecule has 1 aliphatic rings. The van der Waals surface area contributed by atoms with Gasteiger partial charge in [0.2, 0.25) is 0 Å². The molecule has 1 unspecified atom stereocenters. The zero-order valence-electron chi connectivity index (χ0n) is 14.4. The van der Waals surface area contributed by atoms with E-state index in [1.54, 1.807) is 25.2 Å². The summed E-state index contributed by atoms with van der Waals surface area (Å²) in [7, 11) is 0. The number of rotatable bonds is 5. The van der Waals surface area contributed by atoms with Gasteiger partial charge in [-0.2, -0.15) is 11.3 Å². The molecule has 1 atom stereocenters.